The molecule has 4 nitrogen and oxygen atoms in total. The quantitative estimate of drug-likeness (QED) is 0.580. The third-order valence-electron chi connectivity index (χ3n) is 3.32. The molecular formula is C14H10BrN3O. The number of halogens is 1. The van der Waals surface area contributed by atoms with E-state index in [4.69, 9.17) is 5.53 Å². The molecule has 0 N–H and O–H groups in total. The van der Waals surface area contributed by atoms with E-state index in [-0.39, 0.29) is 17.5 Å². The van der Waals surface area contributed by atoms with Gasteiger partial charge < -0.3 is 5.53 Å². The summed E-state index contributed by atoms with van der Waals surface area (Å²) in [6.07, 6.45) is 4.53. The van der Waals surface area contributed by atoms with Crippen molar-refractivity contribution in [3.63, 3.8) is 0 Å². The molecule has 3 rings (SSSR count). The van der Waals surface area contributed by atoms with E-state index >= 15 is 0 Å². The zero-order valence-corrected chi connectivity index (χ0v) is 11.5. The van der Waals surface area contributed by atoms with Crippen LogP contribution in [0.5, 0.6) is 0 Å². The monoisotopic (exact) mass is 315 g/mol. The number of allylic oxidation sites excluding steroid dienone is 4. The molecule has 19 heavy (non-hydrogen) atoms. The Kier molecular flexibility index (Phi) is 2.93. The summed E-state index contributed by atoms with van der Waals surface area (Å²) in [5.41, 5.74) is 10.9. The van der Waals surface area contributed by atoms with Gasteiger partial charge in [0.25, 0.3) is 0 Å². The van der Waals surface area contributed by atoms with Crippen molar-refractivity contribution in [3.05, 3.63) is 58.2 Å². The minimum atomic E-state index is -0.263. The molecule has 1 aliphatic heterocycles. The lowest BCUT2D eigenvalue weighted by Crippen LogP contribution is -2.26. The van der Waals surface area contributed by atoms with E-state index in [1.807, 2.05) is 42.5 Å². The van der Waals surface area contributed by atoms with Gasteiger partial charge in [0.15, 0.2) is 0 Å². The molecule has 0 aromatic heterocycles. The lowest BCUT2D eigenvalue weighted by molar-refractivity contribution is -0.115. The lowest BCUT2D eigenvalue weighted by Gasteiger charge is -2.20. The summed E-state index contributed by atoms with van der Waals surface area (Å²) >= 11 is 3.43. The molecule has 0 radical (unpaired) electrons. The summed E-state index contributed by atoms with van der Waals surface area (Å²) in [6.45, 7) is 0. The van der Waals surface area contributed by atoms with Crippen LogP contribution in [0.1, 0.15) is 6.42 Å². The fourth-order valence-corrected chi connectivity index (χ4v) is 2.88. The van der Waals surface area contributed by atoms with Gasteiger partial charge in [0.05, 0.1) is 0 Å². The molecule has 1 unspecified atom stereocenters. The van der Waals surface area contributed by atoms with Gasteiger partial charge in [0, 0.05) is 15.9 Å². The van der Waals surface area contributed by atoms with Gasteiger partial charge in [0.1, 0.15) is 5.92 Å². The highest BCUT2D eigenvalue weighted by Crippen LogP contribution is 2.38. The Labute approximate surface area is 118 Å². The standard InChI is InChI=1S/C14H10BrN3O/c15-9-6-7-11-12(8-9)18(14(19)13(11)17-16)10-4-2-1-3-5-10/h1-6,8,11H,7H2. The molecule has 94 valence electrons. The van der Waals surface area contributed by atoms with Gasteiger partial charge in [-0.05, 0) is 24.6 Å². The molecule has 2 aliphatic rings. The van der Waals surface area contributed by atoms with Crippen molar-refractivity contribution in [2.75, 3.05) is 4.90 Å². The summed E-state index contributed by atoms with van der Waals surface area (Å²) in [7, 11) is 0. The van der Waals surface area contributed by atoms with Gasteiger partial charge in [0.2, 0.25) is 0 Å². The Morgan fingerprint density at radius 2 is 2.05 bits per heavy atom. The molecule has 1 amide bonds. The highest BCUT2D eigenvalue weighted by Gasteiger charge is 2.48. The summed E-state index contributed by atoms with van der Waals surface area (Å²) in [5, 5.41) is 0. The number of rotatable bonds is 1. The van der Waals surface area contributed by atoms with E-state index in [9.17, 15) is 4.79 Å². The summed E-state index contributed by atoms with van der Waals surface area (Å²) < 4.78 is 0.937. The van der Waals surface area contributed by atoms with Crippen LogP contribution in [0.25, 0.3) is 5.53 Å². The van der Waals surface area contributed by atoms with Crippen molar-refractivity contribution in [2.45, 2.75) is 6.42 Å². The van der Waals surface area contributed by atoms with Crippen molar-refractivity contribution < 1.29 is 9.58 Å². The number of amides is 1. The van der Waals surface area contributed by atoms with Crippen molar-refractivity contribution in [2.24, 2.45) is 5.92 Å². The molecular weight excluding hydrogens is 306 g/mol. The number of anilines is 1. The van der Waals surface area contributed by atoms with Crippen LogP contribution >= 0.6 is 15.9 Å². The maximum absolute atomic E-state index is 12.4. The predicted octanol–water partition coefficient (Wildman–Crippen LogP) is 2.89. The Bertz CT molecular complexity index is 657. The van der Waals surface area contributed by atoms with Gasteiger partial charge in [-0.1, -0.05) is 40.2 Å². The van der Waals surface area contributed by atoms with Gasteiger partial charge >= 0.3 is 11.6 Å². The van der Waals surface area contributed by atoms with Crippen molar-refractivity contribution in [1.29, 1.82) is 0 Å². The molecule has 1 aromatic carbocycles. The van der Waals surface area contributed by atoms with Crippen LogP contribution in [-0.2, 0) is 4.79 Å². The highest BCUT2D eigenvalue weighted by atomic mass is 79.9. The number of carbonyl (C=O) groups excluding carboxylic acids is 1. The number of hydrogen-bond acceptors (Lipinski definition) is 1. The first-order chi connectivity index (χ1) is 9.22. The largest absolute Gasteiger partial charge is 0.365 e. The average molecular weight is 316 g/mol. The molecule has 0 saturated carbocycles. The lowest BCUT2D eigenvalue weighted by atomic mass is 9.95. The molecule has 1 saturated heterocycles. The third kappa shape index (κ3) is 1.87. The number of hydrogen-bond donors (Lipinski definition) is 0. The van der Waals surface area contributed by atoms with E-state index in [2.05, 4.69) is 20.7 Å². The van der Waals surface area contributed by atoms with Crippen LogP contribution in [-0.4, -0.2) is 16.4 Å². The zero-order valence-electron chi connectivity index (χ0n) is 9.95. The van der Waals surface area contributed by atoms with Crippen LogP contribution in [0.15, 0.2) is 52.7 Å². The average Bonchev–Trinajstić information content (AvgIpc) is 2.70. The van der Waals surface area contributed by atoms with E-state index in [0.29, 0.717) is 6.42 Å². The molecule has 1 heterocycles. The smallest absolute Gasteiger partial charge is 0.361 e. The molecule has 1 fully saturated rings. The third-order valence-corrected chi connectivity index (χ3v) is 3.88. The first kappa shape index (κ1) is 12.1. The van der Waals surface area contributed by atoms with Crippen molar-refractivity contribution in [3.8, 4) is 0 Å². The number of nitrogens with zero attached hydrogens (tertiary/aromatic N) is 3. The minimum Gasteiger partial charge on any atom is -0.361 e. The van der Waals surface area contributed by atoms with Crippen LogP contribution in [0.3, 0.4) is 0 Å². The first-order valence-electron chi connectivity index (χ1n) is 5.91. The van der Waals surface area contributed by atoms with E-state index in [1.165, 1.54) is 0 Å². The van der Waals surface area contributed by atoms with Crippen LogP contribution in [0.2, 0.25) is 0 Å². The molecule has 1 aromatic rings. The highest BCUT2D eigenvalue weighted by molar-refractivity contribution is 9.11. The second-order valence-corrected chi connectivity index (χ2v) is 5.32. The maximum atomic E-state index is 12.4. The normalized spacial score (nSPS) is 21.7. The van der Waals surface area contributed by atoms with Gasteiger partial charge in [-0.15, -0.1) is 0 Å². The summed E-state index contributed by atoms with van der Waals surface area (Å²) in [6, 6.07) is 9.37. The topological polar surface area (TPSA) is 56.7 Å². The Hall–Kier alpha value is -1.97. The van der Waals surface area contributed by atoms with Crippen LogP contribution in [0.4, 0.5) is 5.69 Å². The Morgan fingerprint density at radius 1 is 1.32 bits per heavy atom. The molecule has 0 bridgehead atoms. The maximum Gasteiger partial charge on any atom is 0.365 e. The predicted molar refractivity (Wildman–Crippen MR) is 75.8 cm³/mol. The summed E-state index contributed by atoms with van der Waals surface area (Å²) in [4.78, 5) is 17.2. The minimum absolute atomic E-state index is 0.168. The zero-order chi connectivity index (χ0) is 13.4. The van der Waals surface area contributed by atoms with Gasteiger partial charge in [-0.25, -0.2) is 0 Å². The van der Waals surface area contributed by atoms with E-state index in [1.54, 1.807) is 4.90 Å². The number of carbonyl (C=O) groups is 1. The SMILES string of the molecule is [N-]=[N+]=C1C(=O)N(c2ccccc2)C2=CC(Br)=CCC21. The first-order valence-corrected chi connectivity index (χ1v) is 6.70. The number of para-hydroxylation sites is 1. The molecule has 5 heteroatoms. The van der Waals surface area contributed by atoms with Gasteiger partial charge in [-0.3, -0.25) is 9.69 Å². The molecule has 1 aliphatic carbocycles. The fraction of sp³-hybridized carbons (Fsp3) is 0.143. The van der Waals surface area contributed by atoms with E-state index in [0.717, 1.165) is 15.9 Å². The fourth-order valence-electron chi connectivity index (χ4n) is 2.46. The molecule has 1 atom stereocenters. The van der Waals surface area contributed by atoms with E-state index < -0.39 is 0 Å². The van der Waals surface area contributed by atoms with Crippen molar-refractivity contribution >= 4 is 33.2 Å². The van der Waals surface area contributed by atoms with Crippen LogP contribution < -0.4 is 4.90 Å². The summed E-state index contributed by atoms with van der Waals surface area (Å²) in [5.74, 6) is -0.431. The Morgan fingerprint density at radius 3 is 2.74 bits per heavy atom. The van der Waals surface area contributed by atoms with Gasteiger partial charge in [-0.2, -0.15) is 4.79 Å². The second-order valence-electron chi connectivity index (χ2n) is 4.41. The van der Waals surface area contributed by atoms with Crippen LogP contribution in [0, 0.1) is 5.92 Å². The van der Waals surface area contributed by atoms with Crippen molar-refractivity contribution in [1.82, 2.24) is 0 Å². The Balaban J connectivity index is 2.15. The second kappa shape index (κ2) is 4.61. The molecule has 0 spiro atoms. The number of fused-ring (bicyclic) bond motifs is 1. The number of benzene rings is 1.